The number of amides is 3. The van der Waals surface area contributed by atoms with Gasteiger partial charge in [-0.1, -0.05) is 15.9 Å². The van der Waals surface area contributed by atoms with Crippen molar-refractivity contribution in [2.45, 2.75) is 30.8 Å². The zero-order chi connectivity index (χ0) is 20.8. The van der Waals surface area contributed by atoms with Crippen LogP contribution < -0.4 is 10.1 Å². The van der Waals surface area contributed by atoms with E-state index in [0.717, 1.165) is 6.07 Å². The SMILES string of the molecule is O=C1CO[C@H]2CCN(C(=O)N3CC(Oc4ccc(C(F)(F)F)c(Br)c4)C3)C[C@H]2N1. The lowest BCUT2D eigenvalue weighted by molar-refractivity contribution is -0.140. The molecule has 3 aliphatic rings. The lowest BCUT2D eigenvalue weighted by atomic mass is 10.0. The van der Waals surface area contributed by atoms with Gasteiger partial charge in [0.05, 0.1) is 30.8 Å². The predicted octanol–water partition coefficient (Wildman–Crippen LogP) is 2.24. The van der Waals surface area contributed by atoms with Crippen molar-refractivity contribution in [2.24, 2.45) is 0 Å². The number of piperidine rings is 1. The van der Waals surface area contributed by atoms with E-state index in [1.165, 1.54) is 12.1 Å². The molecule has 3 aliphatic heterocycles. The van der Waals surface area contributed by atoms with Gasteiger partial charge >= 0.3 is 12.2 Å². The molecule has 1 aromatic rings. The Kier molecular flexibility index (Phi) is 5.36. The summed E-state index contributed by atoms with van der Waals surface area (Å²) >= 11 is 2.92. The van der Waals surface area contributed by atoms with Crippen LogP contribution in [0.2, 0.25) is 0 Å². The first kappa shape index (κ1) is 20.3. The number of carbonyl (C=O) groups is 2. The first-order valence-electron chi connectivity index (χ1n) is 9.19. The van der Waals surface area contributed by atoms with E-state index in [-0.39, 0.29) is 41.3 Å². The average molecular weight is 478 g/mol. The molecule has 0 spiro atoms. The van der Waals surface area contributed by atoms with Crippen LogP contribution in [0, 0.1) is 0 Å². The highest BCUT2D eigenvalue weighted by molar-refractivity contribution is 9.10. The number of nitrogens with one attached hydrogen (secondary N) is 1. The molecule has 0 bridgehead atoms. The zero-order valence-electron chi connectivity index (χ0n) is 15.2. The Balaban J connectivity index is 1.28. The van der Waals surface area contributed by atoms with Crippen LogP contribution in [0.3, 0.4) is 0 Å². The normalized spacial score (nSPS) is 25.2. The van der Waals surface area contributed by atoms with Crippen LogP contribution in [-0.4, -0.2) is 72.8 Å². The number of hydrogen-bond donors (Lipinski definition) is 1. The summed E-state index contributed by atoms with van der Waals surface area (Å²) in [6, 6.07) is 3.17. The average Bonchev–Trinajstić information content (AvgIpc) is 2.62. The molecule has 2 atom stereocenters. The molecule has 7 nitrogen and oxygen atoms in total. The Bertz CT molecular complexity index is 816. The first-order chi connectivity index (χ1) is 13.7. The van der Waals surface area contributed by atoms with Gasteiger partial charge in [0.25, 0.3) is 0 Å². The van der Waals surface area contributed by atoms with Crippen molar-refractivity contribution in [3.8, 4) is 5.75 Å². The molecule has 11 heteroatoms. The molecular weight excluding hydrogens is 459 g/mol. The van der Waals surface area contributed by atoms with E-state index in [4.69, 9.17) is 9.47 Å². The Morgan fingerprint density at radius 3 is 2.69 bits per heavy atom. The summed E-state index contributed by atoms with van der Waals surface area (Å²) < 4.78 is 49.5. The molecule has 29 heavy (non-hydrogen) atoms. The van der Waals surface area contributed by atoms with Crippen LogP contribution in [0.1, 0.15) is 12.0 Å². The Labute approximate surface area is 173 Å². The summed E-state index contributed by atoms with van der Waals surface area (Å²) in [5.41, 5.74) is -0.766. The van der Waals surface area contributed by atoms with Crippen molar-refractivity contribution >= 4 is 27.9 Å². The number of likely N-dealkylation sites (tertiary alicyclic amines) is 2. The molecule has 3 saturated heterocycles. The zero-order valence-corrected chi connectivity index (χ0v) is 16.8. The van der Waals surface area contributed by atoms with Gasteiger partial charge in [-0.15, -0.1) is 0 Å². The molecule has 3 amide bonds. The molecule has 4 rings (SSSR count). The van der Waals surface area contributed by atoms with Crippen LogP contribution in [0.25, 0.3) is 0 Å². The summed E-state index contributed by atoms with van der Waals surface area (Å²) in [5.74, 6) is 0.130. The minimum absolute atomic E-state index is 0.0559. The fourth-order valence-corrected chi connectivity index (χ4v) is 4.32. The Morgan fingerprint density at radius 1 is 1.24 bits per heavy atom. The maximum atomic E-state index is 12.8. The predicted molar refractivity (Wildman–Crippen MR) is 98.4 cm³/mol. The Hall–Kier alpha value is -2.01. The van der Waals surface area contributed by atoms with Gasteiger partial charge in [-0.25, -0.2) is 4.79 Å². The minimum atomic E-state index is -4.44. The monoisotopic (exact) mass is 477 g/mol. The number of halogens is 4. The van der Waals surface area contributed by atoms with Gasteiger partial charge in [-0.2, -0.15) is 13.2 Å². The maximum absolute atomic E-state index is 12.8. The number of ether oxygens (including phenoxy) is 2. The number of fused-ring (bicyclic) bond motifs is 1. The second-order valence-electron chi connectivity index (χ2n) is 7.32. The van der Waals surface area contributed by atoms with Crippen molar-refractivity contribution in [1.82, 2.24) is 15.1 Å². The standard InChI is InChI=1S/C18H19BrF3N3O4/c19-13-5-10(1-2-12(13)18(20,21)22)29-11-6-25(7-11)17(27)24-4-3-15-14(8-24)23-16(26)9-28-15/h1-2,5,11,14-15H,3-4,6-9H2,(H,23,26)/t14-,15+/m1/s1. The number of hydrogen-bond acceptors (Lipinski definition) is 4. The number of benzene rings is 1. The number of nitrogens with zero attached hydrogens (tertiary/aromatic N) is 2. The third kappa shape index (κ3) is 4.30. The number of urea groups is 1. The summed E-state index contributed by atoms with van der Waals surface area (Å²) in [6.45, 7) is 1.70. The van der Waals surface area contributed by atoms with Gasteiger partial charge in [-0.05, 0) is 24.6 Å². The maximum Gasteiger partial charge on any atom is 0.417 e. The molecule has 1 N–H and O–H groups in total. The Morgan fingerprint density at radius 2 is 2.00 bits per heavy atom. The number of alkyl halides is 3. The van der Waals surface area contributed by atoms with E-state index in [1.54, 1.807) is 9.80 Å². The number of carbonyl (C=O) groups excluding carboxylic acids is 2. The van der Waals surface area contributed by atoms with Crippen LogP contribution in [0.4, 0.5) is 18.0 Å². The van der Waals surface area contributed by atoms with Gasteiger partial charge < -0.3 is 24.6 Å². The molecule has 0 radical (unpaired) electrons. The second-order valence-corrected chi connectivity index (χ2v) is 8.18. The molecule has 0 unspecified atom stereocenters. The smallest absolute Gasteiger partial charge is 0.417 e. The quantitative estimate of drug-likeness (QED) is 0.708. The molecule has 0 aliphatic carbocycles. The summed E-state index contributed by atoms with van der Waals surface area (Å²) in [6.07, 6.45) is -4.13. The van der Waals surface area contributed by atoms with Crippen molar-refractivity contribution in [1.29, 1.82) is 0 Å². The highest BCUT2D eigenvalue weighted by Gasteiger charge is 2.40. The van der Waals surface area contributed by atoms with E-state index in [0.29, 0.717) is 38.3 Å². The van der Waals surface area contributed by atoms with Gasteiger partial charge in [0, 0.05) is 17.6 Å². The van der Waals surface area contributed by atoms with E-state index in [2.05, 4.69) is 21.2 Å². The van der Waals surface area contributed by atoms with Crippen LogP contribution in [0.5, 0.6) is 5.75 Å². The van der Waals surface area contributed by atoms with Crippen LogP contribution >= 0.6 is 15.9 Å². The third-order valence-corrected chi connectivity index (χ3v) is 5.92. The van der Waals surface area contributed by atoms with Crippen molar-refractivity contribution in [2.75, 3.05) is 32.8 Å². The van der Waals surface area contributed by atoms with Gasteiger partial charge in [0.2, 0.25) is 5.91 Å². The summed E-state index contributed by atoms with van der Waals surface area (Å²) in [7, 11) is 0. The second kappa shape index (κ2) is 7.67. The molecule has 3 heterocycles. The van der Waals surface area contributed by atoms with Crippen LogP contribution in [-0.2, 0) is 15.7 Å². The first-order valence-corrected chi connectivity index (χ1v) is 9.98. The number of morpholine rings is 1. The highest BCUT2D eigenvalue weighted by Crippen LogP contribution is 2.37. The van der Waals surface area contributed by atoms with Crippen molar-refractivity contribution < 1.29 is 32.2 Å². The van der Waals surface area contributed by atoms with Gasteiger partial charge in [-0.3, -0.25) is 4.79 Å². The third-order valence-electron chi connectivity index (χ3n) is 5.26. The molecule has 3 fully saturated rings. The topological polar surface area (TPSA) is 71.1 Å². The number of rotatable bonds is 2. The van der Waals surface area contributed by atoms with Gasteiger partial charge in [0.15, 0.2) is 0 Å². The molecular formula is C18H19BrF3N3O4. The minimum Gasteiger partial charge on any atom is -0.487 e. The molecule has 0 saturated carbocycles. The highest BCUT2D eigenvalue weighted by atomic mass is 79.9. The largest absolute Gasteiger partial charge is 0.487 e. The lowest BCUT2D eigenvalue weighted by Gasteiger charge is -2.45. The van der Waals surface area contributed by atoms with Gasteiger partial charge in [0.1, 0.15) is 18.5 Å². The van der Waals surface area contributed by atoms with Crippen molar-refractivity contribution in [3.63, 3.8) is 0 Å². The van der Waals surface area contributed by atoms with Crippen LogP contribution in [0.15, 0.2) is 22.7 Å². The van der Waals surface area contributed by atoms with E-state index >= 15 is 0 Å². The fourth-order valence-electron chi connectivity index (χ4n) is 3.73. The van der Waals surface area contributed by atoms with E-state index in [1.807, 2.05) is 0 Å². The molecule has 0 aromatic heterocycles. The molecule has 1 aromatic carbocycles. The fraction of sp³-hybridized carbons (Fsp3) is 0.556. The summed E-state index contributed by atoms with van der Waals surface area (Å²) in [5, 5.41) is 2.85. The van der Waals surface area contributed by atoms with E-state index < -0.39 is 11.7 Å². The molecule has 158 valence electrons. The van der Waals surface area contributed by atoms with E-state index in [9.17, 15) is 22.8 Å². The summed E-state index contributed by atoms with van der Waals surface area (Å²) in [4.78, 5) is 27.4. The van der Waals surface area contributed by atoms with Crippen molar-refractivity contribution in [3.05, 3.63) is 28.2 Å². The lowest BCUT2D eigenvalue weighted by Crippen LogP contribution is -2.65.